The Balaban J connectivity index is 2.37. The van der Waals surface area contributed by atoms with Gasteiger partial charge in [-0.05, 0) is 6.42 Å². The Morgan fingerprint density at radius 2 is 2.05 bits per heavy atom. The second kappa shape index (κ2) is 6.82. The zero-order chi connectivity index (χ0) is 15.3. The fourth-order valence-corrected chi connectivity index (χ4v) is 2.26. The van der Waals surface area contributed by atoms with Crippen molar-refractivity contribution < 1.29 is 32.7 Å². The number of nitrogens with one attached hydrogen (secondary N) is 1. The maximum Gasteiger partial charge on any atom is 0.406 e. The van der Waals surface area contributed by atoms with E-state index in [2.05, 4.69) is 5.32 Å². The van der Waals surface area contributed by atoms with E-state index in [0.717, 1.165) is 11.8 Å². The molecule has 0 spiro atoms. The number of hydrogen-bond donors (Lipinski definition) is 2. The third-order valence-electron chi connectivity index (χ3n) is 2.46. The molecule has 0 bridgehead atoms. The standard InChI is InChI=1S/C10H13F3N2O4S/c11-10(12,13)5-15-2-1-6(9(15)19)14-7(16)3-20-4-8(17)18/h6H,1-5H2,(H,14,16)(H,17,18). The average molecular weight is 314 g/mol. The number of likely N-dealkylation sites (tertiary alicyclic amines) is 1. The van der Waals surface area contributed by atoms with E-state index in [4.69, 9.17) is 5.11 Å². The zero-order valence-corrected chi connectivity index (χ0v) is 11.1. The molecule has 0 aromatic carbocycles. The van der Waals surface area contributed by atoms with Crippen LogP contribution in [0.3, 0.4) is 0 Å². The van der Waals surface area contributed by atoms with Crippen molar-refractivity contribution in [2.45, 2.75) is 18.6 Å². The van der Waals surface area contributed by atoms with Crippen molar-refractivity contribution in [2.24, 2.45) is 0 Å². The first-order valence-electron chi connectivity index (χ1n) is 5.63. The monoisotopic (exact) mass is 314 g/mol. The van der Waals surface area contributed by atoms with E-state index in [1.165, 1.54) is 0 Å². The Morgan fingerprint density at radius 3 is 2.60 bits per heavy atom. The van der Waals surface area contributed by atoms with Gasteiger partial charge in [-0.15, -0.1) is 11.8 Å². The van der Waals surface area contributed by atoms with Crippen molar-refractivity contribution in [3.8, 4) is 0 Å². The average Bonchev–Trinajstić information content (AvgIpc) is 2.59. The molecule has 2 amide bonds. The van der Waals surface area contributed by atoms with E-state index in [9.17, 15) is 27.6 Å². The number of carboxylic acids is 1. The van der Waals surface area contributed by atoms with Crippen molar-refractivity contribution in [3.05, 3.63) is 0 Å². The summed E-state index contributed by atoms with van der Waals surface area (Å²) in [7, 11) is 0. The highest BCUT2D eigenvalue weighted by molar-refractivity contribution is 8.00. The van der Waals surface area contributed by atoms with Crippen molar-refractivity contribution in [3.63, 3.8) is 0 Å². The summed E-state index contributed by atoms with van der Waals surface area (Å²) in [5, 5.41) is 10.7. The summed E-state index contributed by atoms with van der Waals surface area (Å²) >= 11 is 0.848. The minimum Gasteiger partial charge on any atom is -0.481 e. The fraction of sp³-hybridized carbons (Fsp3) is 0.700. The largest absolute Gasteiger partial charge is 0.481 e. The van der Waals surface area contributed by atoms with Gasteiger partial charge >= 0.3 is 12.1 Å². The van der Waals surface area contributed by atoms with Gasteiger partial charge in [0.15, 0.2) is 0 Å². The summed E-state index contributed by atoms with van der Waals surface area (Å²) in [5.41, 5.74) is 0. The molecular formula is C10H13F3N2O4S. The van der Waals surface area contributed by atoms with Crippen molar-refractivity contribution in [1.82, 2.24) is 10.2 Å². The Kier molecular flexibility index (Phi) is 5.66. The summed E-state index contributed by atoms with van der Waals surface area (Å²) in [6, 6.07) is -0.963. The first-order chi connectivity index (χ1) is 9.19. The number of rotatable bonds is 6. The van der Waals surface area contributed by atoms with Crippen LogP contribution in [0, 0.1) is 0 Å². The highest BCUT2D eigenvalue weighted by Gasteiger charge is 2.39. The number of nitrogens with zero attached hydrogens (tertiary/aromatic N) is 1. The molecule has 114 valence electrons. The van der Waals surface area contributed by atoms with Crippen LogP contribution in [0.25, 0.3) is 0 Å². The quantitative estimate of drug-likeness (QED) is 0.725. The second-order valence-electron chi connectivity index (χ2n) is 4.17. The maximum absolute atomic E-state index is 12.2. The third-order valence-corrected chi connectivity index (χ3v) is 3.38. The first kappa shape index (κ1) is 16.6. The maximum atomic E-state index is 12.2. The number of carbonyl (C=O) groups is 3. The number of amides is 2. The molecular weight excluding hydrogens is 301 g/mol. The van der Waals surface area contributed by atoms with Gasteiger partial charge in [-0.1, -0.05) is 0 Å². The lowest BCUT2D eigenvalue weighted by Crippen LogP contribution is -2.44. The van der Waals surface area contributed by atoms with E-state index >= 15 is 0 Å². The number of carboxylic acid groups (broad SMARTS) is 1. The highest BCUT2D eigenvalue weighted by atomic mass is 32.2. The van der Waals surface area contributed by atoms with E-state index in [1.54, 1.807) is 0 Å². The summed E-state index contributed by atoms with van der Waals surface area (Å²) in [6.45, 7) is -1.39. The van der Waals surface area contributed by atoms with Gasteiger partial charge in [0.25, 0.3) is 0 Å². The van der Waals surface area contributed by atoms with Crippen LogP contribution in [-0.2, 0) is 14.4 Å². The molecule has 1 saturated heterocycles. The predicted octanol–water partition coefficient (Wildman–Crippen LogP) is 0.0836. The molecule has 1 aliphatic rings. The molecule has 10 heteroatoms. The van der Waals surface area contributed by atoms with Crippen LogP contribution in [0.5, 0.6) is 0 Å². The molecule has 1 fully saturated rings. The van der Waals surface area contributed by atoms with Gasteiger partial charge in [-0.3, -0.25) is 14.4 Å². The molecule has 0 aliphatic carbocycles. The zero-order valence-electron chi connectivity index (χ0n) is 10.3. The lowest BCUT2D eigenvalue weighted by molar-refractivity contribution is -0.158. The molecule has 20 heavy (non-hydrogen) atoms. The van der Waals surface area contributed by atoms with Crippen LogP contribution in [0.15, 0.2) is 0 Å². The van der Waals surface area contributed by atoms with E-state index in [1.807, 2.05) is 0 Å². The Morgan fingerprint density at radius 1 is 1.40 bits per heavy atom. The molecule has 1 aliphatic heterocycles. The van der Waals surface area contributed by atoms with Crippen LogP contribution in [0.2, 0.25) is 0 Å². The summed E-state index contributed by atoms with van der Waals surface area (Å²) < 4.78 is 36.5. The molecule has 6 nitrogen and oxygen atoms in total. The Labute approximate surface area is 116 Å². The van der Waals surface area contributed by atoms with E-state index < -0.39 is 36.5 Å². The van der Waals surface area contributed by atoms with Crippen LogP contribution in [0.1, 0.15) is 6.42 Å². The summed E-state index contributed by atoms with van der Waals surface area (Å²) in [5.74, 6) is -2.82. The lowest BCUT2D eigenvalue weighted by Gasteiger charge is -2.18. The molecule has 2 N–H and O–H groups in total. The SMILES string of the molecule is O=C(O)CSCC(=O)NC1CCN(CC(F)(F)F)C1=O. The number of carbonyl (C=O) groups excluding carboxylic acids is 2. The molecule has 0 aromatic rings. The summed E-state index contributed by atoms with van der Waals surface area (Å²) in [4.78, 5) is 33.9. The fourth-order valence-electron chi connectivity index (χ4n) is 1.71. The molecule has 1 unspecified atom stereocenters. The van der Waals surface area contributed by atoms with Gasteiger partial charge in [0.1, 0.15) is 12.6 Å². The van der Waals surface area contributed by atoms with Crippen LogP contribution < -0.4 is 5.32 Å². The number of halogens is 3. The van der Waals surface area contributed by atoms with Crippen molar-refractivity contribution in [2.75, 3.05) is 24.6 Å². The number of thioether (sulfide) groups is 1. The molecule has 1 atom stereocenters. The van der Waals surface area contributed by atoms with Crippen LogP contribution in [0.4, 0.5) is 13.2 Å². The number of hydrogen-bond acceptors (Lipinski definition) is 4. The minimum atomic E-state index is -4.47. The Hall–Kier alpha value is -1.45. The van der Waals surface area contributed by atoms with Crippen molar-refractivity contribution >= 4 is 29.5 Å². The van der Waals surface area contributed by atoms with Crippen LogP contribution >= 0.6 is 11.8 Å². The normalized spacial score (nSPS) is 19.2. The highest BCUT2D eigenvalue weighted by Crippen LogP contribution is 2.20. The predicted molar refractivity (Wildman–Crippen MR) is 64.1 cm³/mol. The van der Waals surface area contributed by atoms with Crippen LogP contribution in [-0.4, -0.2) is 64.6 Å². The first-order valence-corrected chi connectivity index (χ1v) is 6.79. The minimum absolute atomic E-state index is 0.0639. The van der Waals surface area contributed by atoms with Gasteiger partial charge in [0, 0.05) is 6.54 Å². The number of alkyl halides is 3. The summed E-state index contributed by atoms with van der Waals surface area (Å²) in [6.07, 6.45) is -4.35. The van der Waals surface area contributed by atoms with Gasteiger partial charge in [-0.2, -0.15) is 13.2 Å². The number of aliphatic carboxylic acids is 1. The third kappa shape index (κ3) is 5.68. The smallest absolute Gasteiger partial charge is 0.406 e. The lowest BCUT2D eigenvalue weighted by atomic mass is 10.2. The van der Waals surface area contributed by atoms with Gasteiger partial charge in [0.05, 0.1) is 11.5 Å². The second-order valence-corrected chi connectivity index (χ2v) is 5.16. The molecule has 0 radical (unpaired) electrons. The van der Waals surface area contributed by atoms with Gasteiger partial charge in [-0.25, -0.2) is 0 Å². The molecule has 1 heterocycles. The molecule has 0 saturated carbocycles. The van der Waals surface area contributed by atoms with Gasteiger partial charge < -0.3 is 15.3 Å². The van der Waals surface area contributed by atoms with Crippen molar-refractivity contribution in [1.29, 1.82) is 0 Å². The topological polar surface area (TPSA) is 86.7 Å². The molecule has 0 aromatic heterocycles. The van der Waals surface area contributed by atoms with E-state index in [-0.39, 0.29) is 24.5 Å². The molecule has 1 rings (SSSR count). The van der Waals surface area contributed by atoms with Gasteiger partial charge in [0.2, 0.25) is 11.8 Å². The Bertz CT molecular complexity index is 402. The van der Waals surface area contributed by atoms with E-state index in [0.29, 0.717) is 4.90 Å².